The van der Waals surface area contributed by atoms with Gasteiger partial charge in [-0.25, -0.2) is 4.79 Å². The summed E-state index contributed by atoms with van der Waals surface area (Å²) in [6.07, 6.45) is 7.20. The third-order valence-electron chi connectivity index (χ3n) is 6.20. The number of ether oxygens (including phenoxy) is 2. The lowest BCUT2D eigenvalue weighted by atomic mass is 10.1. The zero-order valence-corrected chi connectivity index (χ0v) is 23.3. The number of amides is 1. The van der Waals surface area contributed by atoms with Crippen LogP contribution in [0.2, 0.25) is 0 Å². The van der Waals surface area contributed by atoms with Gasteiger partial charge >= 0.3 is 5.97 Å². The van der Waals surface area contributed by atoms with Gasteiger partial charge in [0.15, 0.2) is 11.0 Å². The molecule has 37 heavy (non-hydrogen) atoms. The van der Waals surface area contributed by atoms with E-state index >= 15 is 0 Å². The molecule has 3 aromatic rings. The first kappa shape index (κ1) is 27.2. The number of carbonyl (C=O) groups excluding carboxylic acids is 2. The number of anilines is 1. The zero-order chi connectivity index (χ0) is 26.2. The molecule has 0 bridgehead atoms. The van der Waals surface area contributed by atoms with Crippen LogP contribution in [0.15, 0.2) is 29.4 Å². The molecule has 0 fully saturated rings. The minimum absolute atomic E-state index is 0.154. The number of hydrogen-bond acceptors (Lipinski definition) is 8. The van der Waals surface area contributed by atoms with Crippen molar-refractivity contribution in [2.75, 3.05) is 24.3 Å². The van der Waals surface area contributed by atoms with Crippen LogP contribution < -0.4 is 10.1 Å². The quantitative estimate of drug-likeness (QED) is 0.139. The Morgan fingerprint density at radius 1 is 1.11 bits per heavy atom. The molecule has 0 atom stereocenters. The van der Waals surface area contributed by atoms with Crippen molar-refractivity contribution in [2.24, 2.45) is 7.05 Å². The maximum atomic E-state index is 12.9. The molecule has 0 radical (unpaired) electrons. The Morgan fingerprint density at radius 3 is 2.65 bits per heavy atom. The third kappa shape index (κ3) is 6.73. The largest absolute Gasteiger partial charge is 0.494 e. The minimum Gasteiger partial charge on any atom is -0.494 e. The van der Waals surface area contributed by atoms with Gasteiger partial charge < -0.3 is 19.4 Å². The van der Waals surface area contributed by atoms with Gasteiger partial charge in [-0.05, 0) is 68.9 Å². The Balaban J connectivity index is 1.40. The van der Waals surface area contributed by atoms with Gasteiger partial charge in [0.1, 0.15) is 10.8 Å². The van der Waals surface area contributed by atoms with Crippen molar-refractivity contribution in [3.05, 3.63) is 40.3 Å². The summed E-state index contributed by atoms with van der Waals surface area (Å²) in [6.45, 7) is 4.94. The molecule has 1 aromatic carbocycles. The summed E-state index contributed by atoms with van der Waals surface area (Å²) >= 11 is 2.82. The Hall–Kier alpha value is -2.85. The molecule has 0 aliphatic heterocycles. The van der Waals surface area contributed by atoms with Gasteiger partial charge in [0.25, 0.3) is 0 Å². The number of carbonyl (C=O) groups is 2. The summed E-state index contributed by atoms with van der Waals surface area (Å²) in [4.78, 5) is 26.8. The molecule has 4 rings (SSSR count). The van der Waals surface area contributed by atoms with Crippen LogP contribution in [0.5, 0.6) is 5.75 Å². The highest BCUT2D eigenvalue weighted by Gasteiger charge is 2.26. The van der Waals surface area contributed by atoms with Crippen molar-refractivity contribution >= 4 is 40.0 Å². The third-order valence-corrected chi connectivity index (χ3v) is 8.43. The van der Waals surface area contributed by atoms with E-state index in [-0.39, 0.29) is 17.6 Å². The van der Waals surface area contributed by atoms with Crippen molar-refractivity contribution in [1.29, 1.82) is 0 Å². The van der Waals surface area contributed by atoms with Crippen LogP contribution in [0.25, 0.3) is 11.4 Å². The smallest absolute Gasteiger partial charge is 0.341 e. The molecular weight excluding hydrogens is 508 g/mol. The number of rotatable bonds is 11. The average Bonchev–Trinajstić information content (AvgIpc) is 3.33. The van der Waals surface area contributed by atoms with E-state index in [2.05, 4.69) is 22.4 Å². The number of benzene rings is 1. The molecule has 0 saturated carbocycles. The summed E-state index contributed by atoms with van der Waals surface area (Å²) in [5.74, 6) is 1.16. The second-order valence-corrected chi connectivity index (χ2v) is 11.0. The van der Waals surface area contributed by atoms with E-state index in [0.29, 0.717) is 28.9 Å². The van der Waals surface area contributed by atoms with Crippen molar-refractivity contribution < 1.29 is 19.1 Å². The lowest BCUT2D eigenvalue weighted by molar-refractivity contribution is -0.113. The number of unbranched alkanes of at least 4 members (excludes halogenated alkanes) is 1. The highest BCUT2D eigenvalue weighted by atomic mass is 32.2. The van der Waals surface area contributed by atoms with E-state index in [0.717, 1.165) is 67.6 Å². The molecule has 1 aliphatic carbocycles. The monoisotopic (exact) mass is 542 g/mol. The minimum atomic E-state index is -0.357. The number of nitrogens with one attached hydrogen (secondary N) is 1. The standard InChI is InChI=1S/C27H34N4O4S2/c1-4-6-16-35-19-14-12-18(13-15-19)24-29-30-27(31(24)3)36-17-22(32)28-25-23(26(33)34-5-2)20-10-8-7-9-11-21(20)37-25/h12-15H,4-11,16-17H2,1-3H3,(H,28,32). The van der Waals surface area contributed by atoms with Crippen LogP contribution >= 0.6 is 23.1 Å². The number of thioether (sulfide) groups is 1. The van der Waals surface area contributed by atoms with Crippen molar-refractivity contribution in [2.45, 2.75) is 63.9 Å². The fourth-order valence-electron chi connectivity index (χ4n) is 4.27. The molecule has 8 nitrogen and oxygen atoms in total. The second kappa shape index (κ2) is 13.1. The van der Waals surface area contributed by atoms with Crippen LogP contribution in [-0.4, -0.2) is 45.6 Å². The number of hydrogen-bond donors (Lipinski definition) is 1. The van der Waals surface area contributed by atoms with E-state index in [1.165, 1.54) is 28.0 Å². The van der Waals surface area contributed by atoms with Gasteiger partial charge in [-0.3, -0.25) is 4.79 Å². The number of fused-ring (bicyclic) bond motifs is 1. The predicted molar refractivity (Wildman–Crippen MR) is 148 cm³/mol. The van der Waals surface area contributed by atoms with Gasteiger partial charge in [0, 0.05) is 17.5 Å². The van der Waals surface area contributed by atoms with E-state index < -0.39 is 0 Å². The van der Waals surface area contributed by atoms with Crippen LogP contribution in [0, 0.1) is 0 Å². The molecule has 198 valence electrons. The van der Waals surface area contributed by atoms with Gasteiger partial charge in [-0.1, -0.05) is 31.5 Å². The summed E-state index contributed by atoms with van der Waals surface area (Å²) < 4.78 is 12.9. The average molecular weight is 543 g/mol. The Bertz CT molecular complexity index is 1220. The van der Waals surface area contributed by atoms with Gasteiger partial charge in [0.2, 0.25) is 5.91 Å². The number of thiophene rings is 1. The molecule has 10 heteroatoms. The van der Waals surface area contributed by atoms with Crippen molar-refractivity contribution in [1.82, 2.24) is 14.8 Å². The number of aromatic nitrogens is 3. The normalized spacial score (nSPS) is 13.1. The molecule has 2 aromatic heterocycles. The molecular formula is C27H34N4O4S2. The topological polar surface area (TPSA) is 95.3 Å². The molecule has 1 N–H and O–H groups in total. The van der Waals surface area contributed by atoms with Crippen molar-refractivity contribution in [3.8, 4) is 17.1 Å². The first-order valence-electron chi connectivity index (χ1n) is 12.9. The Labute approximate surface area is 226 Å². The van der Waals surface area contributed by atoms with Gasteiger partial charge in [0.05, 0.1) is 24.5 Å². The van der Waals surface area contributed by atoms with Crippen molar-refractivity contribution in [3.63, 3.8) is 0 Å². The zero-order valence-electron chi connectivity index (χ0n) is 21.7. The summed E-state index contributed by atoms with van der Waals surface area (Å²) in [7, 11) is 1.89. The molecule has 0 spiro atoms. The summed E-state index contributed by atoms with van der Waals surface area (Å²) in [6, 6.07) is 7.79. The first-order chi connectivity index (χ1) is 18.0. The number of aryl methyl sites for hydroxylation is 1. The molecule has 1 amide bonds. The number of esters is 1. The maximum Gasteiger partial charge on any atom is 0.341 e. The lowest BCUT2D eigenvalue weighted by Crippen LogP contribution is -2.17. The molecule has 0 unspecified atom stereocenters. The highest BCUT2D eigenvalue weighted by Crippen LogP contribution is 2.38. The molecule has 0 saturated heterocycles. The van der Waals surface area contributed by atoms with E-state index in [4.69, 9.17) is 9.47 Å². The Morgan fingerprint density at radius 2 is 1.89 bits per heavy atom. The lowest BCUT2D eigenvalue weighted by Gasteiger charge is -2.09. The fraction of sp³-hybridized carbons (Fsp3) is 0.481. The highest BCUT2D eigenvalue weighted by molar-refractivity contribution is 7.99. The first-order valence-corrected chi connectivity index (χ1v) is 14.7. The number of nitrogens with zero attached hydrogens (tertiary/aromatic N) is 3. The molecule has 2 heterocycles. The Kier molecular flexibility index (Phi) is 9.62. The van der Waals surface area contributed by atoms with Crippen LogP contribution in [0.4, 0.5) is 5.00 Å². The molecule has 1 aliphatic rings. The van der Waals surface area contributed by atoms with Crippen LogP contribution in [-0.2, 0) is 29.4 Å². The summed E-state index contributed by atoms with van der Waals surface area (Å²) in [5, 5.41) is 12.8. The second-order valence-electron chi connectivity index (χ2n) is 8.92. The van der Waals surface area contributed by atoms with Gasteiger partial charge in [-0.2, -0.15) is 0 Å². The van der Waals surface area contributed by atoms with E-state index in [1.54, 1.807) is 6.92 Å². The fourth-order valence-corrected chi connectivity index (χ4v) is 6.27. The maximum absolute atomic E-state index is 12.9. The summed E-state index contributed by atoms with van der Waals surface area (Å²) in [5.41, 5.74) is 2.50. The van der Waals surface area contributed by atoms with E-state index in [1.807, 2.05) is 35.9 Å². The van der Waals surface area contributed by atoms with Crippen LogP contribution in [0.3, 0.4) is 0 Å². The predicted octanol–water partition coefficient (Wildman–Crippen LogP) is 5.90. The van der Waals surface area contributed by atoms with E-state index in [9.17, 15) is 9.59 Å². The SMILES string of the molecule is CCCCOc1ccc(-c2nnc(SCC(=O)Nc3sc4c(c3C(=O)OCC)CCCCC4)n2C)cc1. The van der Waals surface area contributed by atoms with Crippen LogP contribution in [0.1, 0.15) is 66.8 Å². The van der Waals surface area contributed by atoms with Gasteiger partial charge in [-0.15, -0.1) is 21.5 Å².